The fraction of sp³-hybridized carbons (Fsp3) is 0.478. The number of phenolic OH excluding ortho intramolecular Hbond substituents is 1. The summed E-state index contributed by atoms with van der Waals surface area (Å²) in [6, 6.07) is 12.4. The van der Waals surface area contributed by atoms with Crippen molar-refractivity contribution >= 4 is 0 Å². The smallest absolute Gasteiger partial charge is 0.416 e. The molecule has 0 aromatic heterocycles. The summed E-state index contributed by atoms with van der Waals surface area (Å²) in [7, 11) is 0. The van der Waals surface area contributed by atoms with E-state index in [-0.39, 0.29) is 17.7 Å². The third kappa shape index (κ3) is 4.78. The summed E-state index contributed by atoms with van der Waals surface area (Å²) in [5.74, 6) is 0.0391. The van der Waals surface area contributed by atoms with Crippen LogP contribution >= 0.6 is 0 Å². The third-order valence-electron chi connectivity index (χ3n) is 6.35. The Bertz CT molecular complexity index is 838. The Morgan fingerprint density at radius 3 is 2.23 bits per heavy atom. The Morgan fingerprint density at radius 1 is 0.900 bits per heavy atom. The standard InChI is InChI=1S/C23H26F4N2O/c24-22-15-29(12-10-21(22)17-3-7-20(30)8-4-17)19-9-11-28(14-19)13-16-1-5-18(6-2-16)23(25,26)27/h1-8,19,21-22,30H,9-15H2/t19?,21-,22+/m0/s1. The van der Waals surface area contributed by atoms with E-state index in [1.165, 1.54) is 12.1 Å². The highest BCUT2D eigenvalue weighted by Gasteiger charge is 2.36. The molecule has 4 rings (SSSR count). The van der Waals surface area contributed by atoms with Gasteiger partial charge in [0.25, 0.3) is 0 Å². The van der Waals surface area contributed by atoms with E-state index >= 15 is 0 Å². The number of halogens is 4. The first-order valence-corrected chi connectivity index (χ1v) is 10.3. The number of benzene rings is 2. The fourth-order valence-corrected chi connectivity index (χ4v) is 4.67. The summed E-state index contributed by atoms with van der Waals surface area (Å²) < 4.78 is 53.0. The average molecular weight is 422 g/mol. The molecule has 2 aromatic carbocycles. The lowest BCUT2D eigenvalue weighted by Crippen LogP contribution is -2.47. The quantitative estimate of drug-likeness (QED) is 0.717. The van der Waals surface area contributed by atoms with Gasteiger partial charge in [-0.15, -0.1) is 0 Å². The molecule has 7 heteroatoms. The molecule has 0 amide bonds. The SMILES string of the molecule is Oc1ccc([C@@H]2CCN(C3CCN(Cc4ccc(C(F)(F)F)cc4)C3)C[C@H]2F)cc1. The van der Waals surface area contributed by atoms with Crippen LogP contribution in [0.4, 0.5) is 17.6 Å². The number of hydrogen-bond donors (Lipinski definition) is 1. The lowest BCUT2D eigenvalue weighted by atomic mass is 9.87. The molecule has 0 spiro atoms. The van der Waals surface area contributed by atoms with Crippen molar-refractivity contribution in [3.63, 3.8) is 0 Å². The second kappa shape index (κ2) is 8.55. The summed E-state index contributed by atoms with van der Waals surface area (Å²) >= 11 is 0. The zero-order chi connectivity index (χ0) is 21.3. The first-order chi connectivity index (χ1) is 14.3. The summed E-state index contributed by atoms with van der Waals surface area (Å²) in [6.45, 7) is 3.49. The second-order valence-corrected chi connectivity index (χ2v) is 8.37. The van der Waals surface area contributed by atoms with Gasteiger partial charge < -0.3 is 5.11 Å². The number of alkyl halides is 4. The molecular weight excluding hydrogens is 396 g/mol. The van der Waals surface area contributed by atoms with Crippen molar-refractivity contribution in [3.05, 3.63) is 65.2 Å². The molecule has 2 heterocycles. The zero-order valence-corrected chi connectivity index (χ0v) is 16.7. The molecule has 2 saturated heterocycles. The molecule has 0 saturated carbocycles. The van der Waals surface area contributed by atoms with E-state index in [4.69, 9.17) is 0 Å². The number of phenols is 1. The van der Waals surface area contributed by atoms with Gasteiger partial charge in [-0.2, -0.15) is 13.2 Å². The zero-order valence-electron chi connectivity index (χ0n) is 16.7. The van der Waals surface area contributed by atoms with Crippen molar-refractivity contribution in [3.8, 4) is 5.75 Å². The van der Waals surface area contributed by atoms with Gasteiger partial charge in [-0.1, -0.05) is 24.3 Å². The average Bonchev–Trinajstić information content (AvgIpc) is 3.17. The molecule has 162 valence electrons. The Morgan fingerprint density at radius 2 is 1.60 bits per heavy atom. The van der Waals surface area contributed by atoms with Gasteiger partial charge in [0.05, 0.1) is 5.56 Å². The van der Waals surface area contributed by atoms with Crippen LogP contribution in [0.5, 0.6) is 5.75 Å². The summed E-state index contributed by atoms with van der Waals surface area (Å²) in [5.41, 5.74) is 1.16. The Kier molecular flexibility index (Phi) is 6.02. The number of hydrogen-bond acceptors (Lipinski definition) is 3. The molecule has 1 unspecified atom stereocenters. The first-order valence-electron chi connectivity index (χ1n) is 10.3. The molecule has 0 aliphatic carbocycles. The number of nitrogens with zero attached hydrogens (tertiary/aromatic N) is 2. The summed E-state index contributed by atoms with van der Waals surface area (Å²) in [4.78, 5) is 4.45. The molecule has 2 aromatic rings. The van der Waals surface area contributed by atoms with E-state index in [2.05, 4.69) is 9.80 Å². The van der Waals surface area contributed by atoms with E-state index in [1.807, 2.05) is 0 Å². The molecule has 3 atom stereocenters. The summed E-state index contributed by atoms with van der Waals surface area (Å²) in [5, 5.41) is 9.43. The van der Waals surface area contributed by atoms with Crippen LogP contribution in [0.2, 0.25) is 0 Å². The minimum atomic E-state index is -4.31. The second-order valence-electron chi connectivity index (χ2n) is 8.37. The monoisotopic (exact) mass is 422 g/mol. The van der Waals surface area contributed by atoms with Gasteiger partial charge >= 0.3 is 6.18 Å². The summed E-state index contributed by atoms with van der Waals surface area (Å²) in [6.07, 6.45) is -3.59. The lowest BCUT2D eigenvalue weighted by Gasteiger charge is -2.38. The van der Waals surface area contributed by atoms with Crippen LogP contribution in [0, 0.1) is 0 Å². The van der Waals surface area contributed by atoms with Crippen molar-refractivity contribution in [1.82, 2.24) is 9.80 Å². The molecule has 3 nitrogen and oxygen atoms in total. The van der Waals surface area contributed by atoms with Gasteiger partial charge in [0, 0.05) is 38.1 Å². The third-order valence-corrected chi connectivity index (χ3v) is 6.35. The Labute approximate surface area is 173 Å². The van der Waals surface area contributed by atoms with Gasteiger partial charge in [0.1, 0.15) is 11.9 Å². The molecule has 30 heavy (non-hydrogen) atoms. The number of rotatable bonds is 4. The van der Waals surface area contributed by atoms with Crippen LogP contribution in [-0.2, 0) is 12.7 Å². The Hall–Kier alpha value is -2.12. The van der Waals surface area contributed by atoms with Crippen LogP contribution in [0.25, 0.3) is 0 Å². The largest absolute Gasteiger partial charge is 0.508 e. The minimum Gasteiger partial charge on any atom is -0.508 e. The highest BCUT2D eigenvalue weighted by molar-refractivity contribution is 5.29. The van der Waals surface area contributed by atoms with Crippen LogP contribution in [0.15, 0.2) is 48.5 Å². The number of piperidine rings is 1. The molecule has 0 radical (unpaired) electrons. The van der Waals surface area contributed by atoms with E-state index < -0.39 is 17.9 Å². The van der Waals surface area contributed by atoms with E-state index in [9.17, 15) is 22.7 Å². The van der Waals surface area contributed by atoms with Gasteiger partial charge in [-0.25, -0.2) is 4.39 Å². The van der Waals surface area contributed by atoms with Gasteiger partial charge in [-0.05, 0) is 54.8 Å². The topological polar surface area (TPSA) is 26.7 Å². The van der Waals surface area contributed by atoms with Crippen molar-refractivity contribution < 1.29 is 22.7 Å². The van der Waals surface area contributed by atoms with Gasteiger partial charge in [-0.3, -0.25) is 9.80 Å². The molecular formula is C23H26F4N2O. The van der Waals surface area contributed by atoms with E-state index in [0.717, 1.165) is 55.7 Å². The van der Waals surface area contributed by atoms with Crippen molar-refractivity contribution in [2.75, 3.05) is 26.2 Å². The molecule has 2 aliphatic rings. The maximum atomic E-state index is 14.9. The van der Waals surface area contributed by atoms with Gasteiger partial charge in [0.2, 0.25) is 0 Å². The maximum absolute atomic E-state index is 14.9. The van der Waals surface area contributed by atoms with Crippen molar-refractivity contribution in [1.29, 1.82) is 0 Å². The van der Waals surface area contributed by atoms with Crippen LogP contribution in [0.3, 0.4) is 0 Å². The Balaban J connectivity index is 1.30. The fourth-order valence-electron chi connectivity index (χ4n) is 4.67. The van der Waals surface area contributed by atoms with Crippen LogP contribution in [-0.4, -0.2) is 53.3 Å². The van der Waals surface area contributed by atoms with Crippen LogP contribution < -0.4 is 0 Å². The predicted octanol–water partition coefficient (Wildman–Crippen LogP) is 4.81. The highest BCUT2D eigenvalue weighted by Crippen LogP contribution is 2.34. The normalized spacial score (nSPS) is 26.2. The highest BCUT2D eigenvalue weighted by atomic mass is 19.4. The molecule has 0 bridgehead atoms. The molecule has 1 N–H and O–H groups in total. The van der Waals surface area contributed by atoms with E-state index in [0.29, 0.717) is 13.1 Å². The lowest BCUT2D eigenvalue weighted by molar-refractivity contribution is -0.137. The first kappa shape index (κ1) is 21.1. The molecule has 2 aliphatic heterocycles. The predicted molar refractivity (Wildman–Crippen MR) is 107 cm³/mol. The van der Waals surface area contributed by atoms with Crippen molar-refractivity contribution in [2.45, 2.75) is 43.7 Å². The number of likely N-dealkylation sites (tertiary alicyclic amines) is 2. The van der Waals surface area contributed by atoms with Gasteiger partial charge in [0.15, 0.2) is 0 Å². The number of aromatic hydroxyl groups is 1. The van der Waals surface area contributed by atoms with Crippen molar-refractivity contribution in [2.24, 2.45) is 0 Å². The van der Waals surface area contributed by atoms with Crippen LogP contribution in [0.1, 0.15) is 35.4 Å². The maximum Gasteiger partial charge on any atom is 0.416 e. The molecule has 2 fully saturated rings. The minimum absolute atomic E-state index is 0.147. The van der Waals surface area contributed by atoms with E-state index in [1.54, 1.807) is 24.3 Å².